The highest BCUT2D eigenvalue weighted by atomic mass is 32.2. The number of oxime groups is 1. The zero-order valence-electron chi connectivity index (χ0n) is 20.3. The molecule has 1 fully saturated rings. The van der Waals surface area contributed by atoms with E-state index in [9.17, 15) is 24.3 Å². The number of carbonyl (C=O) groups excluding carboxylic acids is 3. The summed E-state index contributed by atoms with van der Waals surface area (Å²) >= 11 is 3.88. The van der Waals surface area contributed by atoms with Crippen LogP contribution in [0.4, 0.5) is 10.8 Å². The number of thiazole rings is 1. The molecule has 0 aliphatic carbocycles. The minimum Gasteiger partial charge on any atom is -0.477 e. The first kappa shape index (κ1) is 27.5. The number of fused-ring (bicyclic) bond motifs is 1. The fourth-order valence-corrected chi connectivity index (χ4v) is 6.28. The number of amides is 3. The fraction of sp³-hybridized carbons (Fsp3) is 0.304. The Labute approximate surface area is 230 Å². The number of carboxylic acids is 1. The molecule has 3 heterocycles. The van der Waals surface area contributed by atoms with Crippen molar-refractivity contribution in [3.05, 3.63) is 52.2 Å². The number of β-lactam (4-membered cyclic amide) rings is 1. The Morgan fingerprint density at radius 1 is 1.37 bits per heavy atom. The molecule has 5 N–H and O–H groups in total. The molecule has 1 aromatic carbocycles. The third-order valence-corrected chi connectivity index (χ3v) is 8.17. The lowest BCUT2D eigenvalue weighted by Gasteiger charge is -2.49. The summed E-state index contributed by atoms with van der Waals surface area (Å²) < 4.78 is 0. The molecule has 1 aromatic heterocycles. The van der Waals surface area contributed by atoms with Crippen LogP contribution >= 0.6 is 34.9 Å². The molecule has 38 heavy (non-hydrogen) atoms. The second-order valence-electron chi connectivity index (χ2n) is 8.17. The van der Waals surface area contributed by atoms with Gasteiger partial charge in [0.15, 0.2) is 10.8 Å². The van der Waals surface area contributed by atoms with Crippen LogP contribution in [-0.4, -0.2) is 80.7 Å². The lowest BCUT2D eigenvalue weighted by atomic mass is 9.98. The van der Waals surface area contributed by atoms with Gasteiger partial charge >= 0.3 is 5.97 Å². The summed E-state index contributed by atoms with van der Waals surface area (Å²) in [6, 6.07) is 6.20. The smallest absolute Gasteiger partial charge is 0.352 e. The Hall–Kier alpha value is -3.56. The number of aliphatic carboxylic acids is 1. The van der Waals surface area contributed by atoms with E-state index < -0.39 is 29.2 Å². The number of nitrogen functional groups attached to an aromatic ring is 1. The van der Waals surface area contributed by atoms with Crippen molar-refractivity contribution in [2.75, 3.05) is 35.9 Å². The number of rotatable bonds is 10. The minimum atomic E-state index is -1.23. The first-order chi connectivity index (χ1) is 18.2. The average molecular weight is 577 g/mol. The number of nitrogens with two attached hydrogens (primary N) is 1. The molecule has 2 aromatic rings. The molecule has 0 spiro atoms. The van der Waals surface area contributed by atoms with Crippen LogP contribution in [0.15, 0.2) is 46.1 Å². The second-order valence-corrected chi connectivity index (χ2v) is 11.0. The molecule has 3 amide bonds. The Morgan fingerprint density at radius 2 is 2.16 bits per heavy atom. The zero-order valence-corrected chi connectivity index (χ0v) is 22.7. The predicted molar refractivity (Wildman–Crippen MR) is 147 cm³/mol. The van der Waals surface area contributed by atoms with Crippen molar-refractivity contribution in [2.24, 2.45) is 5.16 Å². The molecule has 0 radical (unpaired) electrons. The molecular weight excluding hydrogens is 552 g/mol. The van der Waals surface area contributed by atoms with E-state index >= 15 is 0 Å². The highest BCUT2D eigenvalue weighted by Gasteiger charge is 2.54. The van der Waals surface area contributed by atoms with Crippen LogP contribution in [-0.2, 0) is 30.4 Å². The van der Waals surface area contributed by atoms with Crippen molar-refractivity contribution in [1.29, 1.82) is 0 Å². The molecule has 2 aliphatic rings. The second kappa shape index (κ2) is 11.9. The maximum Gasteiger partial charge on any atom is 0.352 e. The van der Waals surface area contributed by atoms with Crippen LogP contribution in [0.5, 0.6) is 0 Å². The first-order valence-electron chi connectivity index (χ1n) is 11.1. The van der Waals surface area contributed by atoms with Gasteiger partial charge in [0, 0.05) is 16.8 Å². The van der Waals surface area contributed by atoms with Crippen molar-refractivity contribution in [3.8, 4) is 0 Å². The van der Waals surface area contributed by atoms with Gasteiger partial charge in [0.1, 0.15) is 29.9 Å². The number of hydrogen-bond acceptors (Lipinski definition) is 11. The molecule has 0 bridgehead atoms. The summed E-state index contributed by atoms with van der Waals surface area (Å²) in [6.07, 6.45) is 2.12. The van der Waals surface area contributed by atoms with E-state index in [1.807, 2.05) is 12.3 Å². The lowest BCUT2D eigenvalue weighted by molar-refractivity contribution is -0.150. The fourth-order valence-electron chi connectivity index (χ4n) is 4.05. The average Bonchev–Trinajstić information content (AvgIpc) is 3.31. The summed E-state index contributed by atoms with van der Waals surface area (Å²) in [6.45, 7) is 0. The van der Waals surface area contributed by atoms with Crippen LogP contribution in [0.25, 0.3) is 0 Å². The summed E-state index contributed by atoms with van der Waals surface area (Å²) in [7, 11) is 1.27. The van der Waals surface area contributed by atoms with Crippen LogP contribution in [0, 0.1) is 0 Å². The standard InChI is InChI=1S/C23H24N6O6S3/c1-35-28-16(14-9-38-23(24)26-14)19(31)27-17-20(32)29-18(22(33)34)12(8-37-21(17)29)6-11-4-3-5-13(7-11)25-15(30)10-36-2/h3-5,7,9,17,21H,6,8,10H2,1-2H3,(H2,24,26)(H,25,30)(H,27,31)(H,33,34)/t17-,21-/m1/s1. The SMILES string of the molecule is CON=C(C(=O)N[C@@H]1C(=O)N2C(C(=O)O)=C(Cc3cccc(NC(=O)CSC)c3)CS[C@H]12)c1csc(N)n1. The van der Waals surface area contributed by atoms with Crippen molar-refractivity contribution in [1.82, 2.24) is 15.2 Å². The highest BCUT2D eigenvalue weighted by molar-refractivity contribution is 8.00. The number of benzene rings is 1. The molecule has 200 valence electrons. The molecule has 2 aliphatic heterocycles. The number of carboxylic acid groups (broad SMARTS) is 1. The maximum atomic E-state index is 13.0. The van der Waals surface area contributed by atoms with E-state index in [0.717, 1.165) is 16.9 Å². The van der Waals surface area contributed by atoms with E-state index in [-0.39, 0.29) is 34.6 Å². The lowest BCUT2D eigenvalue weighted by Crippen LogP contribution is -2.71. The van der Waals surface area contributed by atoms with Gasteiger partial charge in [-0.05, 0) is 35.9 Å². The minimum absolute atomic E-state index is 0.0980. The van der Waals surface area contributed by atoms with Gasteiger partial charge in [-0.1, -0.05) is 17.3 Å². The van der Waals surface area contributed by atoms with Crippen molar-refractivity contribution in [2.45, 2.75) is 17.8 Å². The van der Waals surface area contributed by atoms with Crippen LogP contribution in [0.1, 0.15) is 11.3 Å². The van der Waals surface area contributed by atoms with E-state index in [4.69, 9.17) is 10.6 Å². The summed E-state index contributed by atoms with van der Waals surface area (Å²) in [5.41, 5.74) is 7.57. The normalized spacial score (nSPS) is 18.9. The first-order valence-corrected chi connectivity index (χ1v) is 14.5. The molecule has 15 heteroatoms. The van der Waals surface area contributed by atoms with E-state index in [1.54, 1.807) is 18.2 Å². The van der Waals surface area contributed by atoms with Gasteiger partial charge in [-0.3, -0.25) is 19.3 Å². The van der Waals surface area contributed by atoms with Gasteiger partial charge in [0.2, 0.25) is 5.91 Å². The highest BCUT2D eigenvalue weighted by Crippen LogP contribution is 2.41. The number of nitrogens with zero attached hydrogens (tertiary/aromatic N) is 3. The van der Waals surface area contributed by atoms with Crippen LogP contribution in [0.2, 0.25) is 0 Å². The quantitative estimate of drug-likeness (QED) is 0.183. The van der Waals surface area contributed by atoms with Gasteiger partial charge in [0.05, 0.1) is 5.75 Å². The molecule has 12 nitrogen and oxygen atoms in total. The number of aromatic nitrogens is 1. The molecule has 0 unspecified atom stereocenters. The Morgan fingerprint density at radius 3 is 2.82 bits per heavy atom. The Balaban J connectivity index is 1.50. The Kier molecular flexibility index (Phi) is 8.58. The number of nitrogens with one attached hydrogen (secondary N) is 2. The van der Waals surface area contributed by atoms with Gasteiger partial charge in [0.25, 0.3) is 11.8 Å². The molecule has 4 rings (SSSR count). The maximum absolute atomic E-state index is 13.0. The zero-order chi connectivity index (χ0) is 27.4. The van der Waals surface area contributed by atoms with Crippen molar-refractivity contribution in [3.63, 3.8) is 0 Å². The largest absolute Gasteiger partial charge is 0.477 e. The van der Waals surface area contributed by atoms with Crippen molar-refractivity contribution >= 4 is 75.1 Å². The summed E-state index contributed by atoms with van der Waals surface area (Å²) in [5.74, 6) is -1.93. The monoisotopic (exact) mass is 576 g/mol. The van der Waals surface area contributed by atoms with Gasteiger partial charge < -0.3 is 26.3 Å². The van der Waals surface area contributed by atoms with Crippen LogP contribution in [0.3, 0.4) is 0 Å². The summed E-state index contributed by atoms with van der Waals surface area (Å²) in [4.78, 5) is 60.1. The number of anilines is 2. The number of carbonyl (C=O) groups is 4. The number of thioether (sulfide) groups is 2. The summed E-state index contributed by atoms with van der Waals surface area (Å²) in [5, 5.41) is 20.3. The Bertz CT molecular complexity index is 1340. The number of hydrogen-bond donors (Lipinski definition) is 4. The van der Waals surface area contributed by atoms with Gasteiger partial charge in [-0.2, -0.15) is 11.8 Å². The molecule has 0 saturated carbocycles. The predicted octanol–water partition coefficient (Wildman–Crippen LogP) is 1.36. The molecular formula is C23H24N6O6S3. The third kappa shape index (κ3) is 5.79. The molecule has 2 atom stereocenters. The van der Waals surface area contributed by atoms with E-state index in [2.05, 4.69) is 20.8 Å². The van der Waals surface area contributed by atoms with E-state index in [0.29, 0.717) is 22.8 Å². The third-order valence-electron chi connectivity index (χ3n) is 5.60. The van der Waals surface area contributed by atoms with Gasteiger partial charge in [-0.25, -0.2) is 9.78 Å². The van der Waals surface area contributed by atoms with Crippen molar-refractivity contribution < 1.29 is 29.1 Å². The van der Waals surface area contributed by atoms with Crippen LogP contribution < -0.4 is 16.4 Å². The van der Waals surface area contributed by atoms with Gasteiger partial charge in [-0.15, -0.1) is 23.1 Å². The topological polar surface area (TPSA) is 176 Å². The molecule has 1 saturated heterocycles. The van der Waals surface area contributed by atoms with E-state index in [1.165, 1.54) is 40.9 Å².